The van der Waals surface area contributed by atoms with Gasteiger partial charge < -0.3 is 10.2 Å². The van der Waals surface area contributed by atoms with Crippen molar-refractivity contribution in [3.8, 4) is 0 Å². The number of nitrogens with zero attached hydrogens (tertiary/aromatic N) is 3. The topological polar surface area (TPSA) is 50.2 Å². The molecule has 0 unspecified atom stereocenters. The highest BCUT2D eigenvalue weighted by atomic mass is 35.5. The summed E-state index contributed by atoms with van der Waals surface area (Å²) in [7, 11) is 0. The molecule has 0 saturated carbocycles. The molecule has 1 N–H and O–H groups in total. The van der Waals surface area contributed by atoms with Crippen LogP contribution in [0.4, 0.5) is 5.69 Å². The smallest absolute Gasteiger partial charge is 0.287 e. The highest BCUT2D eigenvalue weighted by Crippen LogP contribution is 2.21. The lowest BCUT2D eigenvalue weighted by Gasteiger charge is -2.29. The summed E-state index contributed by atoms with van der Waals surface area (Å²) in [5.41, 5.74) is 1.52. The molecule has 1 aliphatic rings. The van der Waals surface area contributed by atoms with Crippen LogP contribution >= 0.6 is 11.6 Å². The third kappa shape index (κ3) is 3.09. The van der Waals surface area contributed by atoms with Crippen molar-refractivity contribution in [2.24, 2.45) is 0 Å². The lowest BCUT2D eigenvalue weighted by molar-refractivity contribution is 0.582. The van der Waals surface area contributed by atoms with E-state index in [2.05, 4.69) is 15.3 Å². The van der Waals surface area contributed by atoms with Crippen molar-refractivity contribution in [2.45, 2.75) is 6.54 Å². The maximum absolute atomic E-state index is 12.4. The summed E-state index contributed by atoms with van der Waals surface area (Å²) >= 11 is 6.26. The molecule has 1 aromatic carbocycles. The number of anilines is 1. The molecule has 0 aliphatic carbocycles. The molecular formula is C15H17ClN4O. The predicted molar refractivity (Wildman–Crippen MR) is 84.1 cm³/mol. The van der Waals surface area contributed by atoms with Crippen molar-refractivity contribution in [1.82, 2.24) is 15.1 Å². The normalized spacial score (nSPS) is 15.2. The van der Waals surface area contributed by atoms with Crippen LogP contribution in [0.15, 0.2) is 41.3 Å². The lowest BCUT2D eigenvalue weighted by Crippen LogP contribution is -2.44. The fraction of sp³-hybridized carbons (Fsp3) is 0.333. The Morgan fingerprint density at radius 1 is 1.19 bits per heavy atom. The van der Waals surface area contributed by atoms with Crippen molar-refractivity contribution >= 4 is 17.3 Å². The standard InChI is InChI=1S/C15H17ClN4O/c16-14-13(19-8-6-17-7-9-19)10-18-20(15(14)21)11-12-4-2-1-3-5-12/h1-5,10,17H,6-9,11H2. The van der Waals surface area contributed by atoms with Crippen molar-refractivity contribution in [3.05, 3.63) is 57.5 Å². The average Bonchev–Trinajstić information content (AvgIpc) is 2.54. The van der Waals surface area contributed by atoms with Gasteiger partial charge in [0.15, 0.2) is 0 Å². The molecular weight excluding hydrogens is 288 g/mol. The minimum absolute atomic E-state index is 0.239. The Labute approximate surface area is 128 Å². The zero-order valence-corrected chi connectivity index (χ0v) is 12.4. The van der Waals surface area contributed by atoms with Gasteiger partial charge in [-0.1, -0.05) is 41.9 Å². The first kappa shape index (κ1) is 14.1. The van der Waals surface area contributed by atoms with E-state index >= 15 is 0 Å². The Morgan fingerprint density at radius 2 is 1.90 bits per heavy atom. The number of aromatic nitrogens is 2. The van der Waals surface area contributed by atoms with Gasteiger partial charge in [-0.2, -0.15) is 5.10 Å². The van der Waals surface area contributed by atoms with Crippen LogP contribution in [-0.4, -0.2) is 36.0 Å². The van der Waals surface area contributed by atoms with E-state index in [4.69, 9.17) is 11.6 Å². The van der Waals surface area contributed by atoms with Crippen molar-refractivity contribution in [1.29, 1.82) is 0 Å². The van der Waals surface area contributed by atoms with E-state index in [9.17, 15) is 4.79 Å². The molecule has 5 nitrogen and oxygen atoms in total. The van der Waals surface area contributed by atoms with Gasteiger partial charge in [-0.05, 0) is 5.56 Å². The van der Waals surface area contributed by atoms with E-state index in [1.54, 1.807) is 6.20 Å². The SMILES string of the molecule is O=c1c(Cl)c(N2CCNCC2)cnn1Cc1ccccc1. The third-order valence-corrected chi connectivity index (χ3v) is 3.95. The lowest BCUT2D eigenvalue weighted by atomic mass is 10.2. The number of benzene rings is 1. The van der Waals surface area contributed by atoms with Crippen LogP contribution in [-0.2, 0) is 6.54 Å². The van der Waals surface area contributed by atoms with E-state index in [1.807, 2.05) is 30.3 Å². The second-order valence-electron chi connectivity index (χ2n) is 5.03. The van der Waals surface area contributed by atoms with Crippen LogP contribution in [0.25, 0.3) is 0 Å². The highest BCUT2D eigenvalue weighted by Gasteiger charge is 2.17. The Kier molecular flexibility index (Phi) is 4.22. The summed E-state index contributed by atoms with van der Waals surface area (Å²) in [6, 6.07) is 9.76. The van der Waals surface area contributed by atoms with Crippen LogP contribution in [0.5, 0.6) is 0 Å². The number of piperazine rings is 1. The molecule has 6 heteroatoms. The maximum atomic E-state index is 12.4. The molecule has 2 heterocycles. The molecule has 1 aliphatic heterocycles. The Bertz CT molecular complexity index is 665. The highest BCUT2D eigenvalue weighted by molar-refractivity contribution is 6.33. The van der Waals surface area contributed by atoms with E-state index in [1.165, 1.54) is 4.68 Å². The van der Waals surface area contributed by atoms with Crippen LogP contribution in [0.1, 0.15) is 5.56 Å². The van der Waals surface area contributed by atoms with Crippen molar-refractivity contribution < 1.29 is 0 Å². The Balaban J connectivity index is 1.87. The zero-order valence-electron chi connectivity index (χ0n) is 11.6. The third-order valence-electron chi connectivity index (χ3n) is 3.60. The molecule has 1 aromatic heterocycles. The number of nitrogens with one attached hydrogen (secondary N) is 1. The van der Waals surface area contributed by atoms with E-state index < -0.39 is 0 Å². The van der Waals surface area contributed by atoms with E-state index in [-0.39, 0.29) is 10.6 Å². The fourth-order valence-corrected chi connectivity index (χ4v) is 2.72. The van der Waals surface area contributed by atoms with Crippen molar-refractivity contribution in [2.75, 3.05) is 31.1 Å². The van der Waals surface area contributed by atoms with Crippen LogP contribution < -0.4 is 15.8 Å². The molecule has 0 amide bonds. The monoisotopic (exact) mass is 304 g/mol. The second-order valence-corrected chi connectivity index (χ2v) is 5.41. The van der Waals surface area contributed by atoms with Crippen LogP contribution in [0.2, 0.25) is 5.02 Å². The number of halogens is 1. The van der Waals surface area contributed by atoms with Gasteiger partial charge in [0.25, 0.3) is 5.56 Å². The Morgan fingerprint density at radius 3 is 2.62 bits per heavy atom. The van der Waals surface area contributed by atoms with Gasteiger partial charge in [-0.3, -0.25) is 4.79 Å². The summed E-state index contributed by atoms with van der Waals surface area (Å²) in [4.78, 5) is 14.5. The molecule has 0 bridgehead atoms. The minimum atomic E-state index is -0.239. The first-order valence-corrected chi connectivity index (χ1v) is 7.39. The first-order chi connectivity index (χ1) is 10.3. The zero-order chi connectivity index (χ0) is 14.7. The molecule has 0 atom stereocenters. The number of rotatable bonds is 3. The molecule has 21 heavy (non-hydrogen) atoms. The molecule has 3 rings (SSSR count). The maximum Gasteiger partial charge on any atom is 0.287 e. The molecule has 0 radical (unpaired) electrons. The first-order valence-electron chi connectivity index (χ1n) is 7.01. The van der Waals surface area contributed by atoms with Gasteiger partial charge in [-0.25, -0.2) is 4.68 Å². The van der Waals surface area contributed by atoms with E-state index in [0.29, 0.717) is 6.54 Å². The van der Waals surface area contributed by atoms with Gasteiger partial charge in [-0.15, -0.1) is 0 Å². The van der Waals surface area contributed by atoms with Gasteiger partial charge in [0, 0.05) is 26.2 Å². The summed E-state index contributed by atoms with van der Waals surface area (Å²) in [5.74, 6) is 0. The minimum Gasteiger partial charge on any atom is -0.366 e. The molecule has 1 fully saturated rings. The average molecular weight is 305 g/mol. The van der Waals surface area contributed by atoms with Gasteiger partial charge in [0.2, 0.25) is 0 Å². The molecule has 2 aromatic rings. The van der Waals surface area contributed by atoms with Crippen LogP contribution in [0.3, 0.4) is 0 Å². The fourth-order valence-electron chi connectivity index (χ4n) is 2.45. The molecule has 0 spiro atoms. The van der Waals surface area contributed by atoms with Gasteiger partial charge in [0.05, 0.1) is 18.4 Å². The molecule has 110 valence electrons. The quantitative estimate of drug-likeness (QED) is 0.930. The summed E-state index contributed by atoms with van der Waals surface area (Å²) in [6.45, 7) is 3.89. The van der Waals surface area contributed by atoms with Gasteiger partial charge in [0.1, 0.15) is 5.02 Å². The predicted octanol–water partition coefficient (Wildman–Crippen LogP) is 1.35. The number of hydrogen-bond acceptors (Lipinski definition) is 4. The van der Waals surface area contributed by atoms with Crippen LogP contribution in [0, 0.1) is 0 Å². The molecule has 1 saturated heterocycles. The van der Waals surface area contributed by atoms with Gasteiger partial charge >= 0.3 is 0 Å². The largest absolute Gasteiger partial charge is 0.366 e. The summed E-state index contributed by atoms with van der Waals surface area (Å²) < 4.78 is 1.41. The Hall–Kier alpha value is -1.85. The van der Waals surface area contributed by atoms with Crippen molar-refractivity contribution in [3.63, 3.8) is 0 Å². The summed E-state index contributed by atoms with van der Waals surface area (Å²) in [5, 5.41) is 7.79. The summed E-state index contributed by atoms with van der Waals surface area (Å²) in [6.07, 6.45) is 1.69. The van der Waals surface area contributed by atoms with E-state index in [0.717, 1.165) is 37.4 Å². The number of hydrogen-bond donors (Lipinski definition) is 1. The second kappa shape index (κ2) is 6.28.